The Kier molecular flexibility index (Phi) is 5.90. The van der Waals surface area contributed by atoms with Crippen molar-refractivity contribution in [1.82, 2.24) is 0 Å². The van der Waals surface area contributed by atoms with Crippen LogP contribution in [-0.2, 0) is 0 Å². The molecule has 16 heavy (non-hydrogen) atoms. The van der Waals surface area contributed by atoms with Gasteiger partial charge in [-0.2, -0.15) is 0 Å². The number of hydrogen-bond acceptors (Lipinski definition) is 0. The zero-order chi connectivity index (χ0) is 11.6. The minimum absolute atomic E-state index is 0.892. The fourth-order valence-electron chi connectivity index (χ4n) is 1.52. The molecule has 82 valence electrons. The smallest absolute Gasteiger partial charge is 0.0401 e. The topological polar surface area (TPSA) is 0 Å². The van der Waals surface area contributed by atoms with E-state index in [1.165, 1.54) is 25.7 Å². The van der Waals surface area contributed by atoms with E-state index in [4.69, 9.17) is 6.42 Å². The van der Waals surface area contributed by atoms with Gasteiger partial charge in [0.15, 0.2) is 0 Å². The first kappa shape index (κ1) is 12.4. The minimum Gasteiger partial charge on any atom is -0.115 e. The van der Waals surface area contributed by atoms with Gasteiger partial charge in [0.25, 0.3) is 0 Å². The highest BCUT2D eigenvalue weighted by atomic mass is 13.9. The second kappa shape index (κ2) is 7.61. The van der Waals surface area contributed by atoms with Crippen molar-refractivity contribution in [2.24, 2.45) is 0 Å². The van der Waals surface area contributed by atoms with Crippen molar-refractivity contribution in [2.75, 3.05) is 0 Å². The van der Waals surface area contributed by atoms with Crippen LogP contribution in [0.15, 0.2) is 24.3 Å². The lowest BCUT2D eigenvalue weighted by Crippen LogP contribution is -1.81. The molecule has 1 aromatic rings. The quantitative estimate of drug-likeness (QED) is 0.520. The molecular formula is C16H18. The van der Waals surface area contributed by atoms with Gasteiger partial charge >= 0.3 is 0 Å². The fraction of sp³-hybridized carbons (Fsp3) is 0.375. The average molecular weight is 210 g/mol. The molecule has 0 fully saturated rings. The molecule has 0 amide bonds. The monoisotopic (exact) mass is 210 g/mol. The molecule has 0 spiro atoms. The van der Waals surface area contributed by atoms with Gasteiger partial charge in [-0.25, -0.2) is 0 Å². The summed E-state index contributed by atoms with van der Waals surface area (Å²) in [6, 6.07) is 7.83. The number of unbranched alkanes of at least 4 members (excludes halogenated alkanes) is 4. The third kappa shape index (κ3) is 4.24. The fourth-order valence-corrected chi connectivity index (χ4v) is 1.52. The summed E-state index contributed by atoms with van der Waals surface area (Å²) in [4.78, 5) is 0. The van der Waals surface area contributed by atoms with Crippen LogP contribution in [-0.4, -0.2) is 0 Å². The maximum atomic E-state index is 5.40. The van der Waals surface area contributed by atoms with Gasteiger partial charge in [0.05, 0.1) is 0 Å². The Morgan fingerprint density at radius 1 is 1.06 bits per heavy atom. The first-order chi connectivity index (χ1) is 7.88. The zero-order valence-corrected chi connectivity index (χ0v) is 9.92. The van der Waals surface area contributed by atoms with E-state index in [9.17, 15) is 0 Å². The van der Waals surface area contributed by atoms with Gasteiger partial charge < -0.3 is 0 Å². The molecule has 0 radical (unpaired) electrons. The number of terminal acetylenes is 1. The van der Waals surface area contributed by atoms with Crippen molar-refractivity contribution in [3.8, 4) is 24.2 Å². The third-order valence-corrected chi connectivity index (χ3v) is 2.46. The van der Waals surface area contributed by atoms with Gasteiger partial charge in [-0.05, 0) is 18.6 Å². The van der Waals surface area contributed by atoms with Gasteiger partial charge in [0, 0.05) is 17.5 Å². The maximum absolute atomic E-state index is 5.40. The highest BCUT2D eigenvalue weighted by Crippen LogP contribution is 2.06. The molecule has 0 unspecified atom stereocenters. The van der Waals surface area contributed by atoms with Crippen LogP contribution in [0, 0.1) is 24.2 Å². The summed E-state index contributed by atoms with van der Waals surface area (Å²) in [7, 11) is 0. The standard InChI is InChI=1S/C16H18/c1-3-5-6-7-8-9-13-16-14-11-10-12-15(16)4-2/h2,10-12,14H,3,5-8H2,1H3. The molecule has 1 aromatic carbocycles. The van der Waals surface area contributed by atoms with Crippen LogP contribution in [0.5, 0.6) is 0 Å². The summed E-state index contributed by atoms with van der Waals surface area (Å²) in [5, 5.41) is 0. The molecule has 0 aliphatic carbocycles. The van der Waals surface area contributed by atoms with Crippen LogP contribution in [0.1, 0.15) is 50.2 Å². The van der Waals surface area contributed by atoms with E-state index in [-0.39, 0.29) is 0 Å². The van der Waals surface area contributed by atoms with Crippen LogP contribution in [0.4, 0.5) is 0 Å². The number of benzene rings is 1. The molecule has 0 nitrogen and oxygen atoms in total. The lowest BCUT2D eigenvalue weighted by Gasteiger charge is -1.95. The Bertz CT molecular complexity index is 410. The SMILES string of the molecule is C#Cc1ccccc1C#CCCCCCC. The summed E-state index contributed by atoms with van der Waals surface area (Å²) < 4.78 is 0. The molecule has 0 bridgehead atoms. The van der Waals surface area contributed by atoms with E-state index in [1.54, 1.807) is 0 Å². The predicted molar refractivity (Wildman–Crippen MR) is 70.0 cm³/mol. The van der Waals surface area contributed by atoms with E-state index in [1.807, 2.05) is 24.3 Å². The van der Waals surface area contributed by atoms with Crippen molar-refractivity contribution in [3.63, 3.8) is 0 Å². The summed E-state index contributed by atoms with van der Waals surface area (Å²) in [5.41, 5.74) is 1.86. The molecule has 0 heterocycles. The maximum Gasteiger partial charge on any atom is 0.0401 e. The zero-order valence-electron chi connectivity index (χ0n) is 9.92. The Hall–Kier alpha value is -1.66. The van der Waals surface area contributed by atoms with E-state index >= 15 is 0 Å². The molecule has 0 atom stereocenters. The molecule has 0 saturated carbocycles. The largest absolute Gasteiger partial charge is 0.115 e. The van der Waals surface area contributed by atoms with Crippen LogP contribution >= 0.6 is 0 Å². The molecule has 1 rings (SSSR count). The second-order valence-electron chi connectivity index (χ2n) is 3.80. The van der Waals surface area contributed by atoms with E-state index < -0.39 is 0 Å². The van der Waals surface area contributed by atoms with Crippen LogP contribution in [0.2, 0.25) is 0 Å². The van der Waals surface area contributed by atoms with Gasteiger partial charge in [0.1, 0.15) is 0 Å². The van der Waals surface area contributed by atoms with Gasteiger partial charge in [-0.15, -0.1) is 6.42 Å². The molecule has 0 saturated heterocycles. The van der Waals surface area contributed by atoms with E-state index in [0.717, 1.165) is 17.5 Å². The second-order valence-corrected chi connectivity index (χ2v) is 3.80. The summed E-state index contributed by atoms with van der Waals surface area (Å²) in [6.45, 7) is 2.22. The number of hydrogen-bond donors (Lipinski definition) is 0. The molecular weight excluding hydrogens is 192 g/mol. The molecule has 0 aliphatic rings. The summed E-state index contributed by atoms with van der Waals surface area (Å²) in [5.74, 6) is 8.99. The van der Waals surface area contributed by atoms with Gasteiger partial charge in [0.2, 0.25) is 0 Å². The summed E-state index contributed by atoms with van der Waals surface area (Å²) in [6.07, 6.45) is 11.4. The lowest BCUT2D eigenvalue weighted by molar-refractivity contribution is 0.679. The normalized spacial score (nSPS) is 9.00. The first-order valence-corrected chi connectivity index (χ1v) is 5.93. The average Bonchev–Trinajstić information content (AvgIpc) is 2.34. The van der Waals surface area contributed by atoms with Crippen molar-refractivity contribution >= 4 is 0 Å². The first-order valence-electron chi connectivity index (χ1n) is 5.93. The third-order valence-electron chi connectivity index (χ3n) is 2.46. The van der Waals surface area contributed by atoms with Gasteiger partial charge in [-0.3, -0.25) is 0 Å². The van der Waals surface area contributed by atoms with Crippen LogP contribution in [0.3, 0.4) is 0 Å². The van der Waals surface area contributed by atoms with E-state index in [2.05, 4.69) is 24.7 Å². The minimum atomic E-state index is 0.892. The molecule has 0 heteroatoms. The Balaban J connectivity index is 2.47. The van der Waals surface area contributed by atoms with Crippen molar-refractivity contribution in [3.05, 3.63) is 35.4 Å². The number of rotatable bonds is 4. The Morgan fingerprint density at radius 2 is 1.81 bits per heavy atom. The highest BCUT2D eigenvalue weighted by molar-refractivity contribution is 5.48. The van der Waals surface area contributed by atoms with Crippen molar-refractivity contribution < 1.29 is 0 Å². The lowest BCUT2D eigenvalue weighted by atomic mass is 10.1. The van der Waals surface area contributed by atoms with Crippen LogP contribution in [0.25, 0.3) is 0 Å². The highest BCUT2D eigenvalue weighted by Gasteiger charge is 1.92. The van der Waals surface area contributed by atoms with Crippen molar-refractivity contribution in [2.45, 2.75) is 39.0 Å². The summed E-state index contributed by atoms with van der Waals surface area (Å²) >= 11 is 0. The molecule has 0 aromatic heterocycles. The molecule has 0 aliphatic heterocycles. The van der Waals surface area contributed by atoms with E-state index in [0.29, 0.717) is 0 Å². The molecule has 0 N–H and O–H groups in total. The van der Waals surface area contributed by atoms with Gasteiger partial charge in [-0.1, -0.05) is 56.1 Å². The van der Waals surface area contributed by atoms with Crippen LogP contribution < -0.4 is 0 Å². The Morgan fingerprint density at radius 3 is 2.50 bits per heavy atom. The van der Waals surface area contributed by atoms with Crippen molar-refractivity contribution in [1.29, 1.82) is 0 Å². The predicted octanol–water partition coefficient (Wildman–Crippen LogP) is 3.99. The Labute approximate surface area is 99.1 Å².